The van der Waals surface area contributed by atoms with E-state index < -0.39 is 91.9 Å². The van der Waals surface area contributed by atoms with Crippen molar-refractivity contribution in [3.8, 4) is 11.1 Å². The Bertz CT molecular complexity index is 1770. The van der Waals surface area contributed by atoms with Gasteiger partial charge in [-0.15, -0.1) is 0 Å². The van der Waals surface area contributed by atoms with Crippen LogP contribution in [0.3, 0.4) is 0 Å². The van der Waals surface area contributed by atoms with E-state index in [1.165, 1.54) is 0 Å². The average Bonchev–Trinajstić information content (AvgIpc) is 3.29. The van der Waals surface area contributed by atoms with Crippen molar-refractivity contribution in [3.05, 3.63) is 60.2 Å². The molecule has 9 N–H and O–H groups in total. The molecule has 1 heterocycles. The van der Waals surface area contributed by atoms with Crippen molar-refractivity contribution in [1.82, 2.24) is 21.3 Å². The lowest BCUT2D eigenvalue weighted by molar-refractivity contribution is -0.312. The Morgan fingerprint density at radius 1 is 0.716 bits per heavy atom. The number of ether oxygens (including phenoxy) is 8. The third-order valence-corrected chi connectivity index (χ3v) is 9.67. The summed E-state index contributed by atoms with van der Waals surface area (Å²) in [6.45, 7) is 6.33. The zero-order valence-electron chi connectivity index (χ0n) is 38.4. The highest BCUT2D eigenvalue weighted by atomic mass is 16.7. The summed E-state index contributed by atoms with van der Waals surface area (Å²) in [5.74, 6) is -6.08. The Hall–Kier alpha value is -4.85. The van der Waals surface area contributed by atoms with Crippen LogP contribution in [-0.2, 0) is 63.5 Å². The molecule has 0 radical (unpaired) electrons. The number of carbonyl (C=O) groups is 5. The molecule has 0 aliphatic carbocycles. The zero-order chi connectivity index (χ0) is 49.1. The van der Waals surface area contributed by atoms with Gasteiger partial charge in [0.2, 0.25) is 17.7 Å². The minimum absolute atomic E-state index is 0.0358. The van der Waals surface area contributed by atoms with Crippen LogP contribution in [0.15, 0.2) is 54.6 Å². The molecule has 0 aromatic heterocycles. The number of benzene rings is 2. The summed E-state index contributed by atoms with van der Waals surface area (Å²) in [6, 6.07) is 15.4. The number of aliphatic carboxylic acids is 1. The molecule has 22 heteroatoms. The van der Waals surface area contributed by atoms with E-state index in [4.69, 9.17) is 37.9 Å². The molecule has 0 unspecified atom stereocenters. The van der Waals surface area contributed by atoms with E-state index in [9.17, 15) is 49.5 Å². The highest BCUT2D eigenvalue weighted by molar-refractivity contribution is 5.79. The molecule has 22 nitrogen and oxygen atoms in total. The van der Waals surface area contributed by atoms with Crippen molar-refractivity contribution < 1.29 is 87.4 Å². The van der Waals surface area contributed by atoms with Crippen LogP contribution in [-0.4, -0.2) is 196 Å². The van der Waals surface area contributed by atoms with Crippen LogP contribution >= 0.6 is 0 Å². The highest BCUT2D eigenvalue weighted by Gasteiger charge is 2.55. The summed E-state index contributed by atoms with van der Waals surface area (Å²) in [5, 5.41) is 62.7. The molecule has 1 saturated heterocycles. The minimum atomic E-state index is -2.58. The molecule has 67 heavy (non-hydrogen) atoms. The van der Waals surface area contributed by atoms with Gasteiger partial charge in [-0.1, -0.05) is 54.6 Å². The van der Waals surface area contributed by atoms with E-state index in [2.05, 4.69) is 21.3 Å². The number of amides is 4. The highest BCUT2D eigenvalue weighted by Crippen LogP contribution is 2.33. The zero-order valence-corrected chi connectivity index (χ0v) is 38.4. The van der Waals surface area contributed by atoms with Crippen LogP contribution in [0.2, 0.25) is 0 Å². The van der Waals surface area contributed by atoms with Crippen LogP contribution in [0.1, 0.15) is 39.2 Å². The predicted molar refractivity (Wildman–Crippen MR) is 237 cm³/mol. The number of nitrogens with one attached hydrogen (secondary N) is 4. The van der Waals surface area contributed by atoms with Gasteiger partial charge in [-0.25, -0.2) is 9.59 Å². The number of alkyl carbamates (subject to hydrolysis) is 1. The van der Waals surface area contributed by atoms with Crippen LogP contribution in [0.5, 0.6) is 0 Å². The largest absolute Gasteiger partial charge is 0.477 e. The molecular formula is C45H68N4O18. The van der Waals surface area contributed by atoms with Crippen molar-refractivity contribution in [2.75, 3.05) is 98.9 Å². The lowest BCUT2D eigenvalue weighted by Crippen LogP contribution is -2.68. The van der Waals surface area contributed by atoms with Crippen molar-refractivity contribution in [3.63, 3.8) is 0 Å². The fraction of sp³-hybridized carbons (Fsp3) is 0.622. The van der Waals surface area contributed by atoms with E-state index in [0.29, 0.717) is 58.4 Å². The first kappa shape index (κ1) is 56.5. The molecule has 376 valence electrons. The number of carbonyl (C=O) groups excluding carboxylic acids is 4. The monoisotopic (exact) mass is 952 g/mol. The summed E-state index contributed by atoms with van der Waals surface area (Å²) >= 11 is 0. The van der Waals surface area contributed by atoms with E-state index in [0.717, 1.165) is 11.1 Å². The Kier molecular flexibility index (Phi) is 25.7. The van der Waals surface area contributed by atoms with Crippen molar-refractivity contribution >= 4 is 29.8 Å². The molecule has 2 aromatic carbocycles. The number of hydrogen-bond acceptors (Lipinski definition) is 17. The fourth-order valence-electron chi connectivity index (χ4n) is 6.38. The molecule has 6 atom stereocenters. The Morgan fingerprint density at radius 3 is 1.85 bits per heavy atom. The predicted octanol–water partition coefficient (Wildman–Crippen LogP) is -0.727. The molecule has 2 aromatic rings. The Balaban J connectivity index is 1.30. The molecule has 0 spiro atoms. The maximum Gasteiger partial charge on any atom is 0.407 e. The summed E-state index contributed by atoms with van der Waals surface area (Å²) in [4.78, 5) is 61.2. The number of carboxylic acid groups (broad SMARTS) is 1. The molecule has 0 bridgehead atoms. The number of carboxylic acids is 1. The van der Waals surface area contributed by atoms with Crippen molar-refractivity contribution in [2.45, 2.75) is 81.9 Å². The number of rotatable bonds is 32. The first-order valence-corrected chi connectivity index (χ1v) is 22.1. The second-order valence-electron chi connectivity index (χ2n) is 16.2. The molecule has 0 saturated carbocycles. The second-order valence-corrected chi connectivity index (χ2v) is 16.2. The van der Waals surface area contributed by atoms with E-state index in [1.54, 1.807) is 32.9 Å². The van der Waals surface area contributed by atoms with Crippen LogP contribution in [0.25, 0.3) is 11.1 Å². The van der Waals surface area contributed by atoms with Crippen LogP contribution in [0.4, 0.5) is 4.79 Å². The molecule has 1 aliphatic heterocycles. The lowest BCUT2D eigenvalue weighted by atomic mass is 9.88. The molecule has 1 aliphatic rings. The van der Waals surface area contributed by atoms with Gasteiger partial charge in [0.25, 0.3) is 5.79 Å². The van der Waals surface area contributed by atoms with E-state index >= 15 is 0 Å². The Morgan fingerprint density at radius 2 is 1.27 bits per heavy atom. The fourth-order valence-corrected chi connectivity index (χ4v) is 6.38. The number of aliphatic hydroxyl groups is 4. The maximum atomic E-state index is 12.8. The number of hydrogen-bond donors (Lipinski definition) is 9. The third-order valence-electron chi connectivity index (χ3n) is 9.67. The summed E-state index contributed by atoms with van der Waals surface area (Å²) < 4.78 is 43.5. The van der Waals surface area contributed by atoms with E-state index in [1.807, 2.05) is 42.5 Å². The van der Waals surface area contributed by atoms with Gasteiger partial charge in [0.1, 0.15) is 24.4 Å². The SMILES string of the molecule is CC(C)(C)OC(=O)NCCOCCOCCOCCOCCNC(=O)CCOCCO[C@]1(C(=O)O)C[C@H](O)[C@@H](NC(=O)CO)[C@H]([C@H](O)[C@H](O)CNC(=O)Cc2ccc(-c3ccccc3)cc2)O1. The average molecular weight is 953 g/mol. The number of aliphatic hydroxyl groups excluding tert-OH is 4. The van der Waals surface area contributed by atoms with Gasteiger partial charge in [0, 0.05) is 32.5 Å². The second kappa shape index (κ2) is 30.5. The summed E-state index contributed by atoms with van der Waals surface area (Å²) in [5.41, 5.74) is 2.08. The van der Waals surface area contributed by atoms with Crippen LogP contribution < -0.4 is 21.3 Å². The molecule has 1 fully saturated rings. The van der Waals surface area contributed by atoms with Crippen LogP contribution in [0, 0.1) is 0 Å². The van der Waals surface area contributed by atoms with E-state index in [-0.39, 0.29) is 45.1 Å². The topological polar surface area (TPSA) is 308 Å². The first-order valence-electron chi connectivity index (χ1n) is 22.1. The van der Waals surface area contributed by atoms with Gasteiger partial charge < -0.3 is 84.7 Å². The smallest absolute Gasteiger partial charge is 0.407 e. The summed E-state index contributed by atoms with van der Waals surface area (Å²) in [6.07, 6.45) is -8.62. The van der Waals surface area contributed by atoms with Gasteiger partial charge in [0.05, 0.1) is 97.3 Å². The van der Waals surface area contributed by atoms with Gasteiger partial charge in [0.15, 0.2) is 0 Å². The van der Waals surface area contributed by atoms with Gasteiger partial charge in [-0.3, -0.25) is 14.4 Å². The van der Waals surface area contributed by atoms with Crippen molar-refractivity contribution in [1.29, 1.82) is 0 Å². The molecular weight excluding hydrogens is 885 g/mol. The normalized spacial score (nSPS) is 19.2. The van der Waals surface area contributed by atoms with Crippen molar-refractivity contribution in [2.24, 2.45) is 0 Å². The summed E-state index contributed by atoms with van der Waals surface area (Å²) in [7, 11) is 0. The molecule has 3 rings (SSSR count). The van der Waals surface area contributed by atoms with Gasteiger partial charge in [-0.05, 0) is 37.5 Å². The first-order chi connectivity index (χ1) is 32.0. The molecule has 4 amide bonds. The van der Waals surface area contributed by atoms with Gasteiger partial charge >= 0.3 is 12.1 Å². The minimum Gasteiger partial charge on any atom is -0.477 e. The maximum absolute atomic E-state index is 12.8. The standard InChI is InChI=1S/C45H68N4O18/c1-44(2,3)67-43(59)47-15-18-62-20-22-64-24-23-63-21-19-61-17-14-46-36(53)13-16-60-25-26-65-45(42(57)58)28-34(51)39(49-38(55)30-50)41(66-45)40(56)35(52)29-48-37(54)27-31-9-11-33(12-10-31)32-7-5-4-6-8-32/h4-12,34-35,39-41,50-52,56H,13-30H2,1-3H3,(H,46,53)(H,47,59)(H,48,54)(H,49,55)(H,57,58)/t34-,35+,39+,40+,41+,45+/m0/s1. The lowest BCUT2D eigenvalue weighted by Gasteiger charge is -2.46. The van der Waals surface area contributed by atoms with Gasteiger partial charge in [-0.2, -0.15) is 0 Å². The third kappa shape index (κ3) is 22.2. The quantitative estimate of drug-likeness (QED) is 0.0409. The Labute approximate surface area is 389 Å².